The van der Waals surface area contributed by atoms with Crippen molar-refractivity contribution in [3.63, 3.8) is 0 Å². The molecule has 8 nitrogen and oxygen atoms in total. The molecule has 2 heterocycles. The van der Waals surface area contributed by atoms with Gasteiger partial charge in [0.15, 0.2) is 9.84 Å². The van der Waals surface area contributed by atoms with Crippen molar-refractivity contribution in [1.82, 2.24) is 9.97 Å². The number of carbonyl (C=O) groups is 1. The number of hydrogen-bond donors (Lipinski definition) is 4. The molecule has 2 unspecified atom stereocenters. The first-order valence-electron chi connectivity index (χ1n) is 8.19. The molecule has 144 valence electrons. The lowest BCUT2D eigenvalue weighted by Crippen LogP contribution is -2.22. The molecule has 1 aliphatic carbocycles. The summed E-state index contributed by atoms with van der Waals surface area (Å²) < 4.78 is 25.9. The van der Waals surface area contributed by atoms with Crippen LogP contribution in [0.5, 0.6) is 0 Å². The Kier molecular flexibility index (Phi) is 4.79. The lowest BCUT2D eigenvalue weighted by atomic mass is 10.1. The molecule has 0 radical (unpaired) electrons. The van der Waals surface area contributed by atoms with Crippen molar-refractivity contribution in [2.45, 2.75) is 35.4 Å². The topological polar surface area (TPSA) is 146 Å². The number of H-pyrrole nitrogens is 2. The molecule has 0 spiro atoms. The number of nitrogens with one attached hydrogen (secondary N) is 2. The van der Waals surface area contributed by atoms with E-state index in [2.05, 4.69) is 9.97 Å². The quantitative estimate of drug-likeness (QED) is 0.516. The number of sulfone groups is 1. The van der Waals surface area contributed by atoms with Crippen LogP contribution in [0.4, 0.5) is 0 Å². The van der Waals surface area contributed by atoms with Gasteiger partial charge in [-0.25, -0.2) is 13.2 Å². The molecule has 0 saturated heterocycles. The standard InChI is InChI=1S/C17H17N3O5S.ClH/c18-8-1-2-9(5-8)26(24,25)10-3-4-13-11(6-10)14-12(17(22)23)7-19-15(14)16(21)20-13;/h3-4,6-9,19H,1-2,5,18H2,(H,20,21)(H,22,23);1H. The molecule has 0 bridgehead atoms. The van der Waals surface area contributed by atoms with Crippen molar-refractivity contribution in [3.8, 4) is 0 Å². The van der Waals surface area contributed by atoms with Crippen LogP contribution >= 0.6 is 12.4 Å². The number of aromatic carboxylic acids is 1. The summed E-state index contributed by atoms with van der Waals surface area (Å²) in [6.45, 7) is 0. The fourth-order valence-corrected chi connectivity index (χ4v) is 5.57. The van der Waals surface area contributed by atoms with Crippen molar-refractivity contribution < 1.29 is 18.3 Å². The largest absolute Gasteiger partial charge is 0.478 e. The minimum atomic E-state index is -3.59. The average Bonchev–Trinajstić information content (AvgIpc) is 3.21. The number of halogens is 1. The molecule has 3 aromatic rings. The third kappa shape index (κ3) is 3.01. The number of rotatable bonds is 3. The van der Waals surface area contributed by atoms with Gasteiger partial charge in [-0.1, -0.05) is 0 Å². The Bertz CT molecular complexity index is 1210. The van der Waals surface area contributed by atoms with Crippen LogP contribution in [-0.4, -0.2) is 40.8 Å². The molecule has 4 rings (SSSR count). The Morgan fingerprint density at radius 2 is 2.00 bits per heavy atom. The second kappa shape index (κ2) is 6.66. The minimum absolute atomic E-state index is 0. The normalized spacial score (nSPS) is 20.0. The number of aromatic amines is 2. The Morgan fingerprint density at radius 3 is 2.63 bits per heavy atom. The van der Waals surface area contributed by atoms with Gasteiger partial charge in [0.25, 0.3) is 5.56 Å². The molecule has 0 amide bonds. The third-order valence-electron chi connectivity index (χ3n) is 5.04. The number of aromatic nitrogens is 2. The van der Waals surface area contributed by atoms with E-state index >= 15 is 0 Å². The molecule has 10 heteroatoms. The monoisotopic (exact) mass is 411 g/mol. The zero-order valence-corrected chi connectivity index (χ0v) is 15.7. The van der Waals surface area contributed by atoms with E-state index < -0.39 is 26.6 Å². The average molecular weight is 412 g/mol. The lowest BCUT2D eigenvalue weighted by Gasteiger charge is -2.12. The number of carboxylic acids is 1. The van der Waals surface area contributed by atoms with Gasteiger partial charge in [-0.05, 0) is 37.5 Å². The van der Waals surface area contributed by atoms with E-state index in [0.717, 1.165) is 0 Å². The van der Waals surface area contributed by atoms with Gasteiger partial charge in [0.2, 0.25) is 0 Å². The number of carboxylic acid groups (broad SMARTS) is 1. The van der Waals surface area contributed by atoms with E-state index in [9.17, 15) is 23.1 Å². The van der Waals surface area contributed by atoms with E-state index in [1.165, 1.54) is 24.4 Å². The van der Waals surface area contributed by atoms with Crippen LogP contribution < -0.4 is 11.3 Å². The van der Waals surface area contributed by atoms with E-state index in [4.69, 9.17) is 5.73 Å². The summed E-state index contributed by atoms with van der Waals surface area (Å²) in [5.74, 6) is -1.20. The Balaban J connectivity index is 0.00000210. The molecule has 0 aliphatic heterocycles. The van der Waals surface area contributed by atoms with Gasteiger partial charge >= 0.3 is 5.97 Å². The van der Waals surface area contributed by atoms with Gasteiger partial charge in [0, 0.05) is 28.5 Å². The van der Waals surface area contributed by atoms with E-state index in [1.807, 2.05) is 0 Å². The minimum Gasteiger partial charge on any atom is -0.478 e. The molecule has 1 aromatic carbocycles. The van der Waals surface area contributed by atoms with E-state index in [-0.39, 0.29) is 39.8 Å². The summed E-state index contributed by atoms with van der Waals surface area (Å²) in [7, 11) is -3.59. The molecule has 1 aliphatic rings. The molecule has 1 fully saturated rings. The van der Waals surface area contributed by atoms with Gasteiger partial charge in [-0.15, -0.1) is 12.4 Å². The predicted octanol–water partition coefficient (Wildman–Crippen LogP) is 1.78. The number of fused-ring (bicyclic) bond motifs is 3. The van der Waals surface area contributed by atoms with Crippen molar-refractivity contribution in [2.24, 2.45) is 5.73 Å². The summed E-state index contributed by atoms with van der Waals surface area (Å²) >= 11 is 0. The predicted molar refractivity (Wildman–Crippen MR) is 103 cm³/mol. The van der Waals surface area contributed by atoms with Crippen LogP contribution in [0.3, 0.4) is 0 Å². The maximum Gasteiger partial charge on any atom is 0.337 e. The van der Waals surface area contributed by atoms with Crippen molar-refractivity contribution in [3.05, 3.63) is 40.3 Å². The molecular weight excluding hydrogens is 394 g/mol. The fourth-order valence-electron chi connectivity index (χ4n) is 3.70. The number of hydrogen-bond acceptors (Lipinski definition) is 5. The van der Waals surface area contributed by atoms with Crippen LogP contribution in [0.1, 0.15) is 29.6 Å². The third-order valence-corrected chi connectivity index (χ3v) is 7.26. The summed E-state index contributed by atoms with van der Waals surface area (Å²) in [6, 6.07) is 4.25. The van der Waals surface area contributed by atoms with Gasteiger partial charge in [-0.3, -0.25) is 4.79 Å². The van der Waals surface area contributed by atoms with Crippen LogP contribution in [0, 0.1) is 0 Å². The van der Waals surface area contributed by atoms with Crippen molar-refractivity contribution >= 4 is 50.0 Å². The van der Waals surface area contributed by atoms with Gasteiger partial charge < -0.3 is 20.8 Å². The number of benzene rings is 1. The SMILES string of the molecule is Cl.NC1CCC(S(=O)(=O)c2ccc3[nH]c(=O)c4[nH]cc(C(=O)O)c4c3c2)C1. The first kappa shape index (κ1) is 19.4. The summed E-state index contributed by atoms with van der Waals surface area (Å²) in [5.41, 5.74) is 5.80. The van der Waals surface area contributed by atoms with E-state index in [1.54, 1.807) is 0 Å². The van der Waals surface area contributed by atoms with Crippen molar-refractivity contribution in [1.29, 1.82) is 0 Å². The Labute approximate surface area is 160 Å². The van der Waals surface area contributed by atoms with Gasteiger partial charge in [0.1, 0.15) is 5.52 Å². The van der Waals surface area contributed by atoms with Crippen LogP contribution in [0.15, 0.2) is 34.1 Å². The van der Waals surface area contributed by atoms with Gasteiger partial charge in [-0.2, -0.15) is 0 Å². The fraction of sp³-hybridized carbons (Fsp3) is 0.294. The summed E-state index contributed by atoms with van der Waals surface area (Å²) in [4.78, 5) is 29.0. The van der Waals surface area contributed by atoms with E-state index in [0.29, 0.717) is 30.2 Å². The van der Waals surface area contributed by atoms with Crippen LogP contribution in [0.2, 0.25) is 0 Å². The molecule has 27 heavy (non-hydrogen) atoms. The zero-order chi connectivity index (χ0) is 18.6. The highest BCUT2D eigenvalue weighted by molar-refractivity contribution is 7.92. The molecule has 2 aromatic heterocycles. The first-order chi connectivity index (χ1) is 12.3. The lowest BCUT2D eigenvalue weighted by molar-refractivity contribution is 0.0699. The first-order valence-corrected chi connectivity index (χ1v) is 9.73. The van der Waals surface area contributed by atoms with Crippen LogP contribution in [0.25, 0.3) is 21.8 Å². The second-order valence-corrected chi connectivity index (χ2v) is 8.89. The van der Waals surface area contributed by atoms with Crippen molar-refractivity contribution in [2.75, 3.05) is 0 Å². The maximum absolute atomic E-state index is 12.9. The zero-order valence-electron chi connectivity index (χ0n) is 14.1. The second-order valence-electron chi connectivity index (χ2n) is 6.66. The summed E-state index contributed by atoms with van der Waals surface area (Å²) in [6.07, 6.45) is 2.81. The molecule has 2 atom stereocenters. The number of pyridine rings is 1. The van der Waals surface area contributed by atoms with Crippen LogP contribution in [-0.2, 0) is 9.84 Å². The molecule has 5 N–H and O–H groups in total. The Morgan fingerprint density at radius 1 is 1.26 bits per heavy atom. The smallest absolute Gasteiger partial charge is 0.337 e. The highest BCUT2D eigenvalue weighted by atomic mass is 35.5. The molecular formula is C17H18ClN3O5S. The van der Waals surface area contributed by atoms with Gasteiger partial charge in [0.05, 0.1) is 15.7 Å². The maximum atomic E-state index is 12.9. The highest BCUT2D eigenvalue weighted by Gasteiger charge is 2.34. The summed E-state index contributed by atoms with van der Waals surface area (Å²) in [5, 5.41) is 9.43. The molecule has 1 saturated carbocycles. The highest BCUT2D eigenvalue weighted by Crippen LogP contribution is 2.32. The Hall–Kier alpha value is -2.36. The number of nitrogens with two attached hydrogens (primary N) is 1.